The van der Waals surface area contributed by atoms with Gasteiger partial charge in [-0.3, -0.25) is 10.1 Å². The summed E-state index contributed by atoms with van der Waals surface area (Å²) < 4.78 is 0. The van der Waals surface area contributed by atoms with E-state index in [1.807, 2.05) is 6.07 Å². The van der Waals surface area contributed by atoms with Gasteiger partial charge in [0.25, 0.3) is 0 Å². The minimum Gasteiger partial charge on any atom is -0.337 e. The molecule has 0 bridgehead atoms. The van der Waals surface area contributed by atoms with Crippen molar-refractivity contribution in [3.63, 3.8) is 0 Å². The number of nitrogens with zero attached hydrogens (tertiary/aromatic N) is 5. The number of hydrogen-bond acceptors (Lipinski definition) is 6. The summed E-state index contributed by atoms with van der Waals surface area (Å²) in [6.45, 7) is 4.85. The molecule has 2 N–H and O–H groups in total. The van der Waals surface area contributed by atoms with E-state index in [2.05, 4.69) is 37.3 Å². The summed E-state index contributed by atoms with van der Waals surface area (Å²) in [7, 11) is 0. The Kier molecular flexibility index (Phi) is 3.31. The molecule has 0 unspecified atom stereocenters. The van der Waals surface area contributed by atoms with Gasteiger partial charge in [0.1, 0.15) is 11.8 Å². The molecule has 0 aliphatic carbocycles. The van der Waals surface area contributed by atoms with Crippen molar-refractivity contribution < 1.29 is 0 Å². The fourth-order valence-corrected chi connectivity index (χ4v) is 2.22. The fourth-order valence-electron chi connectivity index (χ4n) is 2.22. The molecular weight excluding hydrogens is 254 g/mol. The van der Waals surface area contributed by atoms with Crippen molar-refractivity contribution in [3.05, 3.63) is 23.9 Å². The van der Waals surface area contributed by atoms with Gasteiger partial charge in [-0.2, -0.15) is 10.2 Å². The molecule has 1 aliphatic rings. The lowest BCUT2D eigenvalue weighted by Gasteiger charge is -2.30. The molecule has 0 aromatic carbocycles. The molecule has 20 heavy (non-hydrogen) atoms. The summed E-state index contributed by atoms with van der Waals surface area (Å²) in [5, 5.41) is 19.3. The average molecular weight is 269 g/mol. The lowest BCUT2D eigenvalue weighted by molar-refractivity contribution is 0.480. The Labute approximate surface area is 116 Å². The molecular formula is C13H15N7. The maximum atomic E-state index is 8.76. The SMILES string of the molecule is C[C@H]1CN(c2n[nH]c(-c3ccc(C#N)cn3)n2)CCN1. The highest BCUT2D eigenvalue weighted by Crippen LogP contribution is 2.16. The Morgan fingerprint density at radius 1 is 1.45 bits per heavy atom. The highest BCUT2D eigenvalue weighted by atomic mass is 15.4. The molecule has 1 atom stereocenters. The Morgan fingerprint density at radius 3 is 3.05 bits per heavy atom. The predicted molar refractivity (Wildman–Crippen MR) is 74.0 cm³/mol. The molecule has 2 aromatic rings. The van der Waals surface area contributed by atoms with Crippen LogP contribution in [0.15, 0.2) is 18.3 Å². The minimum absolute atomic E-state index is 0.429. The fraction of sp³-hybridized carbons (Fsp3) is 0.385. The third kappa shape index (κ3) is 2.46. The van der Waals surface area contributed by atoms with Crippen LogP contribution in [0.3, 0.4) is 0 Å². The number of hydrogen-bond donors (Lipinski definition) is 2. The molecule has 3 heterocycles. The van der Waals surface area contributed by atoms with Gasteiger partial charge in [-0.1, -0.05) is 0 Å². The summed E-state index contributed by atoms with van der Waals surface area (Å²) in [6.07, 6.45) is 1.53. The minimum atomic E-state index is 0.429. The van der Waals surface area contributed by atoms with Crippen LogP contribution in [0.2, 0.25) is 0 Å². The van der Waals surface area contributed by atoms with E-state index in [1.165, 1.54) is 6.20 Å². The van der Waals surface area contributed by atoms with E-state index in [1.54, 1.807) is 12.1 Å². The number of aromatic amines is 1. The Balaban J connectivity index is 1.80. The van der Waals surface area contributed by atoms with Crippen molar-refractivity contribution in [1.29, 1.82) is 5.26 Å². The van der Waals surface area contributed by atoms with Crippen LogP contribution in [0.1, 0.15) is 12.5 Å². The molecule has 7 nitrogen and oxygen atoms in total. The number of nitrogens with one attached hydrogen (secondary N) is 2. The highest BCUT2D eigenvalue weighted by Gasteiger charge is 2.19. The second-order valence-corrected chi connectivity index (χ2v) is 4.83. The van der Waals surface area contributed by atoms with E-state index in [0.717, 1.165) is 19.6 Å². The van der Waals surface area contributed by atoms with Crippen molar-refractivity contribution in [2.24, 2.45) is 0 Å². The second kappa shape index (κ2) is 5.27. The first-order chi connectivity index (χ1) is 9.76. The van der Waals surface area contributed by atoms with Crippen molar-refractivity contribution >= 4 is 5.95 Å². The van der Waals surface area contributed by atoms with Gasteiger partial charge in [0, 0.05) is 31.9 Å². The first-order valence-electron chi connectivity index (χ1n) is 6.53. The number of nitriles is 1. The first kappa shape index (κ1) is 12.6. The smallest absolute Gasteiger partial charge is 0.245 e. The molecule has 2 aromatic heterocycles. The molecule has 1 aliphatic heterocycles. The topological polar surface area (TPSA) is 93.5 Å². The molecule has 0 radical (unpaired) electrons. The number of anilines is 1. The van der Waals surface area contributed by atoms with E-state index in [-0.39, 0.29) is 0 Å². The van der Waals surface area contributed by atoms with Crippen LogP contribution in [0.4, 0.5) is 5.95 Å². The van der Waals surface area contributed by atoms with Crippen LogP contribution >= 0.6 is 0 Å². The molecule has 7 heteroatoms. The summed E-state index contributed by atoms with van der Waals surface area (Å²) >= 11 is 0. The summed E-state index contributed by atoms with van der Waals surface area (Å²) in [6, 6.07) is 5.96. The van der Waals surface area contributed by atoms with Crippen molar-refractivity contribution in [2.45, 2.75) is 13.0 Å². The first-order valence-corrected chi connectivity index (χ1v) is 6.53. The van der Waals surface area contributed by atoms with Crippen LogP contribution < -0.4 is 10.2 Å². The van der Waals surface area contributed by atoms with E-state index < -0.39 is 0 Å². The van der Waals surface area contributed by atoms with Gasteiger partial charge in [0.2, 0.25) is 5.95 Å². The lowest BCUT2D eigenvalue weighted by Crippen LogP contribution is -2.49. The van der Waals surface area contributed by atoms with Crippen LogP contribution in [0.25, 0.3) is 11.5 Å². The van der Waals surface area contributed by atoms with Gasteiger partial charge < -0.3 is 10.2 Å². The third-order valence-corrected chi connectivity index (χ3v) is 3.26. The zero-order valence-corrected chi connectivity index (χ0v) is 11.2. The zero-order chi connectivity index (χ0) is 13.9. The van der Waals surface area contributed by atoms with Gasteiger partial charge in [0.05, 0.1) is 5.56 Å². The monoisotopic (exact) mass is 269 g/mol. The predicted octanol–water partition coefficient (Wildman–Crippen LogP) is 0.536. The van der Waals surface area contributed by atoms with Crippen LogP contribution in [-0.4, -0.2) is 45.8 Å². The van der Waals surface area contributed by atoms with E-state index in [9.17, 15) is 0 Å². The molecule has 1 fully saturated rings. The van der Waals surface area contributed by atoms with Crippen LogP contribution in [-0.2, 0) is 0 Å². The van der Waals surface area contributed by atoms with Crippen LogP contribution in [0, 0.1) is 11.3 Å². The number of pyridine rings is 1. The van der Waals surface area contributed by atoms with Gasteiger partial charge in [-0.15, -0.1) is 5.10 Å². The normalized spacial score (nSPS) is 18.8. The molecule has 0 amide bonds. The average Bonchev–Trinajstić information content (AvgIpc) is 2.97. The van der Waals surface area contributed by atoms with E-state index in [4.69, 9.17) is 5.26 Å². The maximum absolute atomic E-state index is 8.76. The molecule has 102 valence electrons. The van der Waals surface area contributed by atoms with Crippen molar-refractivity contribution in [1.82, 2.24) is 25.5 Å². The quantitative estimate of drug-likeness (QED) is 0.826. The number of H-pyrrole nitrogens is 1. The van der Waals surface area contributed by atoms with Gasteiger partial charge >= 0.3 is 0 Å². The third-order valence-electron chi connectivity index (χ3n) is 3.26. The molecule has 1 saturated heterocycles. The van der Waals surface area contributed by atoms with Crippen LogP contribution in [0.5, 0.6) is 0 Å². The number of piperazine rings is 1. The second-order valence-electron chi connectivity index (χ2n) is 4.83. The zero-order valence-electron chi connectivity index (χ0n) is 11.2. The summed E-state index contributed by atoms with van der Waals surface area (Å²) in [4.78, 5) is 10.8. The van der Waals surface area contributed by atoms with Gasteiger partial charge in [0.15, 0.2) is 5.82 Å². The van der Waals surface area contributed by atoms with Crippen molar-refractivity contribution in [2.75, 3.05) is 24.5 Å². The number of aromatic nitrogens is 4. The Morgan fingerprint density at radius 2 is 2.35 bits per heavy atom. The standard InChI is InChI=1S/C13H15N7/c1-9-8-20(5-4-15-9)13-17-12(18-19-13)11-3-2-10(6-14)7-16-11/h2-3,7,9,15H,4-5,8H2,1H3,(H,17,18,19)/t9-/m0/s1. The molecule has 3 rings (SSSR count). The van der Waals surface area contributed by atoms with Gasteiger partial charge in [-0.05, 0) is 19.1 Å². The maximum Gasteiger partial charge on any atom is 0.245 e. The number of rotatable bonds is 2. The Bertz CT molecular complexity index is 625. The molecule has 0 saturated carbocycles. The molecule has 0 spiro atoms. The lowest BCUT2D eigenvalue weighted by atomic mass is 10.2. The van der Waals surface area contributed by atoms with E-state index in [0.29, 0.717) is 29.1 Å². The Hall–Kier alpha value is -2.46. The largest absolute Gasteiger partial charge is 0.337 e. The highest BCUT2D eigenvalue weighted by molar-refractivity contribution is 5.52. The summed E-state index contributed by atoms with van der Waals surface area (Å²) in [5.74, 6) is 1.31. The summed E-state index contributed by atoms with van der Waals surface area (Å²) in [5.41, 5.74) is 1.22. The van der Waals surface area contributed by atoms with E-state index >= 15 is 0 Å². The van der Waals surface area contributed by atoms with Crippen molar-refractivity contribution in [3.8, 4) is 17.6 Å². The van der Waals surface area contributed by atoms with Gasteiger partial charge in [-0.25, -0.2) is 0 Å².